The summed E-state index contributed by atoms with van der Waals surface area (Å²) in [6.07, 6.45) is -2.89. The lowest BCUT2D eigenvalue weighted by Gasteiger charge is -2.09. The van der Waals surface area contributed by atoms with Gasteiger partial charge in [-0.25, -0.2) is 9.18 Å². The van der Waals surface area contributed by atoms with Crippen LogP contribution < -0.4 is 4.74 Å². The zero-order valence-electron chi connectivity index (χ0n) is 8.87. The maximum absolute atomic E-state index is 13.2. The molecule has 0 aromatic heterocycles. The van der Waals surface area contributed by atoms with Gasteiger partial charge in [0.25, 0.3) is 0 Å². The molecule has 7 heteroatoms. The second kappa shape index (κ2) is 5.52. The lowest BCUT2D eigenvalue weighted by atomic mass is 10.2. The Hall–Kier alpha value is -2.05. The molecule has 1 N–H and O–H groups in total. The molecule has 1 aromatic carbocycles. The van der Waals surface area contributed by atoms with E-state index in [1.807, 2.05) is 0 Å². The summed E-state index contributed by atoms with van der Waals surface area (Å²) in [6.45, 7) is -1.50. The molecular weight excluding hydrogens is 256 g/mol. The molecule has 3 nitrogen and oxygen atoms in total. The average Bonchev–Trinajstić information content (AvgIpc) is 2.25. The van der Waals surface area contributed by atoms with Crippen molar-refractivity contribution in [2.45, 2.75) is 6.18 Å². The van der Waals surface area contributed by atoms with Gasteiger partial charge >= 0.3 is 12.1 Å². The highest BCUT2D eigenvalue weighted by atomic mass is 19.4. The Morgan fingerprint density at radius 1 is 1.39 bits per heavy atom. The van der Waals surface area contributed by atoms with Gasteiger partial charge in [-0.3, -0.25) is 0 Å². The third-order valence-corrected chi connectivity index (χ3v) is 1.78. The first-order valence-electron chi connectivity index (χ1n) is 4.68. The maximum Gasteiger partial charge on any atom is 0.422 e. The normalized spacial score (nSPS) is 11.8. The number of carbonyl (C=O) groups is 1. The summed E-state index contributed by atoms with van der Waals surface area (Å²) in [5.74, 6) is -2.25. The van der Waals surface area contributed by atoms with Crippen LogP contribution >= 0.6 is 0 Å². The number of alkyl halides is 3. The first kappa shape index (κ1) is 14.0. The molecule has 0 fully saturated rings. The highest BCUT2D eigenvalue weighted by molar-refractivity contribution is 5.85. The van der Waals surface area contributed by atoms with Gasteiger partial charge in [-0.15, -0.1) is 0 Å². The van der Waals surface area contributed by atoms with E-state index in [4.69, 9.17) is 5.11 Å². The molecule has 0 aliphatic rings. The minimum absolute atomic E-state index is 0.169. The number of ether oxygens (including phenoxy) is 1. The van der Waals surface area contributed by atoms with Gasteiger partial charge in [0.15, 0.2) is 6.61 Å². The van der Waals surface area contributed by atoms with Gasteiger partial charge < -0.3 is 9.84 Å². The smallest absolute Gasteiger partial charge is 0.422 e. The van der Waals surface area contributed by atoms with Crippen molar-refractivity contribution in [1.29, 1.82) is 0 Å². The van der Waals surface area contributed by atoms with E-state index >= 15 is 0 Å². The monoisotopic (exact) mass is 264 g/mol. The van der Waals surface area contributed by atoms with Crippen molar-refractivity contribution in [3.05, 3.63) is 35.7 Å². The van der Waals surface area contributed by atoms with Crippen LogP contribution in [0.15, 0.2) is 24.3 Å². The van der Waals surface area contributed by atoms with Crippen molar-refractivity contribution in [1.82, 2.24) is 0 Å². The zero-order valence-corrected chi connectivity index (χ0v) is 8.87. The highest BCUT2D eigenvalue weighted by Crippen LogP contribution is 2.21. The first-order chi connectivity index (χ1) is 8.28. The number of carboxylic acids is 1. The van der Waals surface area contributed by atoms with Gasteiger partial charge in [-0.2, -0.15) is 13.2 Å². The summed E-state index contributed by atoms with van der Waals surface area (Å²) < 4.78 is 53.2. The summed E-state index contributed by atoms with van der Waals surface area (Å²) in [6, 6.07) is 2.91. The molecule has 0 amide bonds. The first-order valence-corrected chi connectivity index (χ1v) is 4.68. The van der Waals surface area contributed by atoms with Gasteiger partial charge in [0.1, 0.15) is 11.6 Å². The van der Waals surface area contributed by atoms with Crippen molar-refractivity contribution in [2.24, 2.45) is 0 Å². The molecule has 0 heterocycles. The molecule has 1 aromatic rings. The second-order valence-electron chi connectivity index (χ2n) is 3.26. The molecule has 1 rings (SSSR count). The molecule has 0 radical (unpaired) electrons. The van der Waals surface area contributed by atoms with E-state index in [-0.39, 0.29) is 11.3 Å². The number of rotatable bonds is 4. The lowest BCUT2D eigenvalue weighted by Crippen LogP contribution is -2.19. The molecule has 0 aliphatic heterocycles. The quantitative estimate of drug-likeness (QED) is 0.672. The van der Waals surface area contributed by atoms with Crippen molar-refractivity contribution < 1.29 is 32.2 Å². The van der Waals surface area contributed by atoms with Crippen molar-refractivity contribution in [3.8, 4) is 5.75 Å². The molecular formula is C11H8F4O3. The zero-order chi connectivity index (χ0) is 13.8. The van der Waals surface area contributed by atoms with E-state index in [1.165, 1.54) is 0 Å². The molecule has 18 heavy (non-hydrogen) atoms. The number of hydrogen-bond donors (Lipinski definition) is 1. The van der Waals surface area contributed by atoms with Crippen LogP contribution in [0.25, 0.3) is 6.08 Å². The molecule has 0 atom stereocenters. The van der Waals surface area contributed by atoms with Crippen LogP contribution in [-0.4, -0.2) is 23.9 Å². The van der Waals surface area contributed by atoms with Gasteiger partial charge in [-0.1, -0.05) is 0 Å². The molecule has 0 unspecified atom stereocenters. The molecule has 0 bridgehead atoms. The Morgan fingerprint density at radius 2 is 2.06 bits per heavy atom. The summed E-state index contributed by atoms with van der Waals surface area (Å²) in [5.41, 5.74) is -0.169. The fraction of sp³-hybridized carbons (Fsp3) is 0.182. The van der Waals surface area contributed by atoms with Gasteiger partial charge in [-0.05, 0) is 24.3 Å². The molecule has 0 saturated carbocycles. The van der Waals surface area contributed by atoms with Crippen molar-refractivity contribution in [2.75, 3.05) is 6.61 Å². The van der Waals surface area contributed by atoms with Crippen molar-refractivity contribution in [3.63, 3.8) is 0 Å². The largest absolute Gasteiger partial charge is 0.484 e. The van der Waals surface area contributed by atoms with Crippen LogP contribution in [-0.2, 0) is 4.79 Å². The minimum Gasteiger partial charge on any atom is -0.484 e. The Kier molecular flexibility index (Phi) is 4.30. The number of benzene rings is 1. The summed E-state index contributed by atoms with van der Waals surface area (Å²) in [4.78, 5) is 10.2. The Bertz CT molecular complexity index is 466. The molecule has 0 spiro atoms. The number of carboxylic acid groups (broad SMARTS) is 1. The number of aliphatic carboxylic acids is 1. The van der Waals surface area contributed by atoms with Gasteiger partial charge in [0.05, 0.1) is 0 Å². The Morgan fingerprint density at radius 3 is 2.61 bits per heavy atom. The van der Waals surface area contributed by atoms with Crippen LogP contribution in [0.5, 0.6) is 5.75 Å². The topological polar surface area (TPSA) is 46.5 Å². The third kappa shape index (κ3) is 4.86. The van der Waals surface area contributed by atoms with Crippen LogP contribution in [0.1, 0.15) is 5.56 Å². The standard InChI is InChI=1S/C11H8F4O3/c12-9-3-2-8(18-6-11(13,14)15)5-7(9)1-4-10(16)17/h1-5H,6H2,(H,16,17)/b4-1+. The van der Waals surface area contributed by atoms with Crippen molar-refractivity contribution >= 4 is 12.0 Å². The number of hydrogen-bond acceptors (Lipinski definition) is 2. The summed E-state index contributed by atoms with van der Waals surface area (Å²) in [7, 11) is 0. The number of halogens is 4. The molecule has 0 aliphatic carbocycles. The molecule has 98 valence electrons. The van der Waals surface area contributed by atoms with Crippen LogP contribution in [0.2, 0.25) is 0 Å². The van der Waals surface area contributed by atoms with Gasteiger partial charge in [0, 0.05) is 11.6 Å². The van der Waals surface area contributed by atoms with E-state index < -0.39 is 24.6 Å². The Balaban J connectivity index is 2.84. The van der Waals surface area contributed by atoms with Crippen LogP contribution in [0.3, 0.4) is 0 Å². The Labute approximate surface area is 99.3 Å². The minimum atomic E-state index is -4.49. The fourth-order valence-corrected chi connectivity index (χ4v) is 1.07. The highest BCUT2D eigenvalue weighted by Gasteiger charge is 2.28. The van der Waals surface area contributed by atoms with E-state index in [2.05, 4.69) is 4.74 Å². The second-order valence-corrected chi connectivity index (χ2v) is 3.26. The van der Waals surface area contributed by atoms with E-state index in [0.717, 1.165) is 24.3 Å². The average molecular weight is 264 g/mol. The fourth-order valence-electron chi connectivity index (χ4n) is 1.07. The lowest BCUT2D eigenvalue weighted by molar-refractivity contribution is -0.153. The van der Waals surface area contributed by atoms with E-state index in [0.29, 0.717) is 6.08 Å². The predicted molar refractivity (Wildman–Crippen MR) is 54.6 cm³/mol. The summed E-state index contributed by atoms with van der Waals surface area (Å²) >= 11 is 0. The SMILES string of the molecule is O=C(O)/C=C/c1cc(OCC(F)(F)F)ccc1F. The maximum atomic E-state index is 13.2. The third-order valence-electron chi connectivity index (χ3n) is 1.78. The van der Waals surface area contributed by atoms with Crippen LogP contribution in [0.4, 0.5) is 17.6 Å². The van der Waals surface area contributed by atoms with Crippen LogP contribution in [0, 0.1) is 5.82 Å². The van der Waals surface area contributed by atoms with E-state index in [9.17, 15) is 22.4 Å². The van der Waals surface area contributed by atoms with Gasteiger partial charge in [0.2, 0.25) is 0 Å². The van der Waals surface area contributed by atoms with E-state index in [1.54, 1.807) is 0 Å². The summed E-state index contributed by atoms with van der Waals surface area (Å²) in [5, 5.41) is 8.36. The predicted octanol–water partition coefficient (Wildman–Crippen LogP) is 2.86. The molecule has 0 saturated heterocycles.